The summed E-state index contributed by atoms with van der Waals surface area (Å²) in [5.74, 6) is -0.446. The van der Waals surface area contributed by atoms with Crippen LogP contribution in [-0.4, -0.2) is 22.1 Å². The fourth-order valence-electron chi connectivity index (χ4n) is 6.37. The number of ether oxygens (including phenoxy) is 1. The molecule has 292 valence electrons. The fourth-order valence-corrected chi connectivity index (χ4v) is 7.30. The van der Waals surface area contributed by atoms with E-state index in [0.717, 1.165) is 43.8 Å². The minimum Gasteiger partial charge on any atom is -0.481 e. The number of pyridine rings is 3. The molecule has 0 radical (unpaired) electrons. The molecule has 0 aliphatic heterocycles. The minimum absolute atomic E-state index is 0.281. The molecule has 3 heterocycles. The van der Waals surface area contributed by atoms with Gasteiger partial charge in [0.05, 0.1) is 29.4 Å². The molecule has 0 unspecified atom stereocenters. The Bertz CT molecular complexity index is 3020. The number of halogens is 7. The number of aromatic nitrogens is 3. The van der Waals surface area contributed by atoms with Crippen LogP contribution in [0, 0.1) is 17.5 Å². The summed E-state index contributed by atoms with van der Waals surface area (Å²) in [4.78, 5) is 13.3. The third-order valence-corrected chi connectivity index (χ3v) is 10.4. The van der Waals surface area contributed by atoms with E-state index >= 15 is 0 Å². The molecule has 6 aromatic carbocycles. The first kappa shape index (κ1) is 41.2. The summed E-state index contributed by atoms with van der Waals surface area (Å²) in [5.41, 5.74) is 7.32. The van der Waals surface area contributed by atoms with Gasteiger partial charge in [-0.25, -0.2) is 28.1 Å². The van der Waals surface area contributed by atoms with Gasteiger partial charge in [-0.1, -0.05) is 108 Å². The van der Waals surface area contributed by atoms with E-state index in [1.54, 1.807) is 49.6 Å². The lowest BCUT2D eigenvalue weighted by Gasteiger charge is -2.10. The highest BCUT2D eigenvalue weighted by molar-refractivity contribution is 6.37. The van der Waals surface area contributed by atoms with E-state index in [1.165, 1.54) is 36.4 Å². The molecule has 0 amide bonds. The van der Waals surface area contributed by atoms with Crippen molar-refractivity contribution in [3.05, 3.63) is 196 Å². The van der Waals surface area contributed by atoms with E-state index in [4.69, 9.17) is 51.1 Å². The van der Waals surface area contributed by atoms with E-state index < -0.39 is 0 Å². The molecule has 4 nitrogen and oxygen atoms in total. The van der Waals surface area contributed by atoms with Crippen molar-refractivity contribution in [2.24, 2.45) is 0 Å². The van der Waals surface area contributed by atoms with Gasteiger partial charge in [0.15, 0.2) is 0 Å². The van der Waals surface area contributed by atoms with Crippen LogP contribution in [0.4, 0.5) is 13.2 Å². The Morgan fingerprint density at radius 2 is 0.864 bits per heavy atom. The van der Waals surface area contributed by atoms with Crippen LogP contribution in [0.2, 0.25) is 20.2 Å². The Morgan fingerprint density at radius 1 is 0.475 bits per heavy atom. The third kappa shape index (κ3) is 9.35. The van der Waals surface area contributed by atoms with Gasteiger partial charge in [0.25, 0.3) is 0 Å². The van der Waals surface area contributed by atoms with Gasteiger partial charge in [-0.05, 0) is 114 Å². The summed E-state index contributed by atoms with van der Waals surface area (Å²) in [5, 5.41) is 4.62. The average molecular weight is 864 g/mol. The number of hydrogen-bond acceptors (Lipinski definition) is 4. The lowest BCUT2D eigenvalue weighted by molar-refractivity contribution is 0.401. The summed E-state index contributed by atoms with van der Waals surface area (Å²) in [6, 6.07) is 41.1. The predicted octanol–water partition coefficient (Wildman–Crippen LogP) is 15.4. The Balaban J connectivity index is 0.000000134. The molecule has 0 spiro atoms. The van der Waals surface area contributed by atoms with E-state index in [0.29, 0.717) is 54.0 Å². The van der Waals surface area contributed by atoms with Crippen LogP contribution >= 0.6 is 46.4 Å². The molecule has 0 saturated heterocycles. The van der Waals surface area contributed by atoms with Gasteiger partial charge in [0.1, 0.15) is 22.6 Å². The van der Waals surface area contributed by atoms with Crippen molar-refractivity contribution in [1.82, 2.24) is 15.0 Å². The smallest absolute Gasteiger partial charge is 0.221 e. The summed E-state index contributed by atoms with van der Waals surface area (Å²) in [7, 11) is 1.54. The van der Waals surface area contributed by atoms with Crippen molar-refractivity contribution in [3.8, 4) is 39.3 Å². The van der Waals surface area contributed by atoms with Crippen molar-refractivity contribution in [2.45, 2.75) is 0 Å². The second kappa shape index (κ2) is 18.3. The largest absolute Gasteiger partial charge is 0.481 e. The Labute approximate surface area is 358 Å². The van der Waals surface area contributed by atoms with Crippen molar-refractivity contribution in [1.29, 1.82) is 0 Å². The average Bonchev–Trinajstić information content (AvgIpc) is 3.23. The van der Waals surface area contributed by atoms with Crippen LogP contribution in [0.3, 0.4) is 0 Å². The molecule has 0 aliphatic carbocycles. The standard InChI is InChI=1S/C17H11ClFN.C16H11ClFNO.C15H8Cl2FN/c1-2-16-13(11-5-3-6-12(19)9-11)10-14-15(18)7-4-8-17(14)20-16;1-20-16-12(10-4-2-5-11(18)8-10)9-13-14(17)6-3-7-15(13)19-16;16-13-5-2-6-14-12(13)8-11(15(17)19-14)9-3-1-4-10(18)7-9/h2-10H,1H2;2-9H,1H3;1-8H. The van der Waals surface area contributed by atoms with Crippen molar-refractivity contribution in [2.75, 3.05) is 7.11 Å². The topological polar surface area (TPSA) is 47.9 Å². The second-order valence-corrected chi connectivity index (χ2v) is 14.5. The zero-order valence-electron chi connectivity index (χ0n) is 31.0. The van der Waals surface area contributed by atoms with E-state index in [1.807, 2.05) is 72.8 Å². The zero-order chi connectivity index (χ0) is 41.6. The fraction of sp³-hybridized carbons (Fsp3) is 0.0208. The van der Waals surface area contributed by atoms with Crippen molar-refractivity contribution in [3.63, 3.8) is 0 Å². The number of rotatable bonds is 5. The zero-order valence-corrected chi connectivity index (χ0v) is 34.1. The molecular formula is C48H30Cl4F3N3O. The third-order valence-electron chi connectivity index (χ3n) is 9.16. The lowest BCUT2D eigenvalue weighted by Crippen LogP contribution is -1.93. The van der Waals surface area contributed by atoms with Crippen LogP contribution in [0.1, 0.15) is 5.69 Å². The Hall–Kier alpha value is -5.96. The van der Waals surface area contributed by atoms with E-state index in [2.05, 4.69) is 21.5 Å². The summed E-state index contributed by atoms with van der Waals surface area (Å²) in [6.45, 7) is 3.78. The van der Waals surface area contributed by atoms with E-state index in [9.17, 15) is 13.2 Å². The van der Waals surface area contributed by atoms with Gasteiger partial charge in [0.2, 0.25) is 5.88 Å². The van der Waals surface area contributed by atoms with Crippen LogP contribution in [0.15, 0.2) is 152 Å². The second-order valence-electron chi connectivity index (χ2n) is 12.9. The van der Waals surface area contributed by atoms with Crippen LogP contribution in [0.25, 0.3) is 72.2 Å². The molecule has 0 atom stereocenters. The minimum atomic E-state index is -0.312. The van der Waals surface area contributed by atoms with Gasteiger partial charge in [-0.15, -0.1) is 0 Å². The maximum absolute atomic E-state index is 13.4. The summed E-state index contributed by atoms with van der Waals surface area (Å²) in [6.07, 6.45) is 1.67. The summed E-state index contributed by atoms with van der Waals surface area (Å²) >= 11 is 24.7. The van der Waals surface area contributed by atoms with Gasteiger partial charge in [0, 0.05) is 47.9 Å². The molecule has 0 fully saturated rings. The molecule has 9 rings (SSSR count). The normalized spacial score (nSPS) is 10.8. The first-order valence-corrected chi connectivity index (χ1v) is 19.4. The van der Waals surface area contributed by atoms with Crippen LogP contribution < -0.4 is 4.74 Å². The highest BCUT2D eigenvalue weighted by atomic mass is 35.5. The van der Waals surface area contributed by atoms with Gasteiger partial charge in [-0.3, -0.25) is 0 Å². The molecule has 0 saturated carbocycles. The molecule has 11 heteroatoms. The molecule has 59 heavy (non-hydrogen) atoms. The predicted molar refractivity (Wildman–Crippen MR) is 238 cm³/mol. The number of fused-ring (bicyclic) bond motifs is 3. The van der Waals surface area contributed by atoms with Gasteiger partial charge >= 0.3 is 0 Å². The highest BCUT2D eigenvalue weighted by Crippen LogP contribution is 2.36. The maximum Gasteiger partial charge on any atom is 0.221 e. The molecule has 9 aromatic rings. The lowest BCUT2D eigenvalue weighted by atomic mass is 10.0. The first-order valence-electron chi connectivity index (χ1n) is 17.9. The quantitative estimate of drug-likeness (QED) is 0.162. The van der Waals surface area contributed by atoms with Crippen molar-refractivity contribution < 1.29 is 17.9 Å². The summed E-state index contributed by atoms with van der Waals surface area (Å²) < 4.78 is 45.4. The monoisotopic (exact) mass is 861 g/mol. The van der Waals surface area contributed by atoms with E-state index in [-0.39, 0.29) is 17.5 Å². The maximum atomic E-state index is 13.4. The van der Waals surface area contributed by atoms with Crippen LogP contribution in [-0.2, 0) is 0 Å². The molecule has 0 aliphatic rings. The van der Waals surface area contributed by atoms with Gasteiger partial charge < -0.3 is 4.74 Å². The Morgan fingerprint density at radius 3 is 1.32 bits per heavy atom. The molecule has 0 bridgehead atoms. The molecule has 3 aromatic heterocycles. The number of benzene rings is 6. The Kier molecular flexibility index (Phi) is 12.8. The van der Waals surface area contributed by atoms with Crippen molar-refractivity contribution >= 4 is 85.2 Å². The number of nitrogens with zero attached hydrogens (tertiary/aromatic N) is 3. The van der Waals surface area contributed by atoms with Crippen LogP contribution in [0.5, 0.6) is 5.88 Å². The van der Waals surface area contributed by atoms with Gasteiger partial charge in [-0.2, -0.15) is 0 Å². The highest BCUT2D eigenvalue weighted by Gasteiger charge is 2.13. The molecule has 0 N–H and O–H groups in total. The number of methoxy groups -OCH3 is 1. The number of hydrogen-bond donors (Lipinski definition) is 0. The SMILES string of the molecule is C=Cc1nc2cccc(Cl)c2cc1-c1cccc(F)c1.COc1nc2cccc(Cl)c2cc1-c1cccc(F)c1.Fc1cccc(-c2cc3c(Cl)cccc3nc2Cl)c1. The molecular weight excluding hydrogens is 833 g/mol. The first-order chi connectivity index (χ1) is 28.5.